The topological polar surface area (TPSA) is 72.4 Å². The van der Waals surface area contributed by atoms with Gasteiger partial charge in [0.15, 0.2) is 10.6 Å². The minimum Gasteiger partial charge on any atom is -0.497 e. The highest BCUT2D eigenvalue weighted by molar-refractivity contribution is 7.71. The smallest absolute Gasteiger partial charge is 0.224 e. The predicted octanol–water partition coefficient (Wildman–Crippen LogP) is 5.61. The van der Waals surface area contributed by atoms with Crippen molar-refractivity contribution < 1.29 is 14.3 Å². The number of rotatable bonds is 10. The van der Waals surface area contributed by atoms with Gasteiger partial charge in [-0.1, -0.05) is 37.3 Å². The summed E-state index contributed by atoms with van der Waals surface area (Å²) in [5.74, 6) is 2.30. The van der Waals surface area contributed by atoms with E-state index in [0.29, 0.717) is 36.7 Å². The van der Waals surface area contributed by atoms with Gasteiger partial charge in [0.25, 0.3) is 0 Å². The summed E-state index contributed by atoms with van der Waals surface area (Å²) in [5, 5.41) is 9.44. The lowest BCUT2D eigenvalue weighted by Crippen LogP contribution is -2.27. The number of carbonyl (C=O) groups excluding carboxylic acids is 1. The summed E-state index contributed by atoms with van der Waals surface area (Å²) in [5.41, 5.74) is 1.92. The minimum absolute atomic E-state index is 0.0168. The van der Waals surface area contributed by atoms with E-state index < -0.39 is 0 Å². The fourth-order valence-corrected chi connectivity index (χ4v) is 4.26. The normalized spacial score (nSPS) is 10.9. The Hall–Kier alpha value is -3.65. The molecule has 0 aliphatic carbocycles. The Morgan fingerprint density at radius 2 is 1.89 bits per heavy atom. The van der Waals surface area contributed by atoms with Gasteiger partial charge in [-0.2, -0.15) is 5.10 Å². The van der Waals surface area contributed by atoms with Crippen LogP contribution < -0.4 is 9.47 Å². The minimum atomic E-state index is 0.0168. The second kappa shape index (κ2) is 11.2. The maximum atomic E-state index is 13.1. The van der Waals surface area contributed by atoms with Gasteiger partial charge in [0, 0.05) is 37.7 Å². The van der Waals surface area contributed by atoms with E-state index in [1.165, 1.54) is 0 Å². The summed E-state index contributed by atoms with van der Waals surface area (Å²) >= 11 is 5.43. The van der Waals surface area contributed by atoms with Crippen molar-refractivity contribution in [2.75, 3.05) is 20.8 Å². The molecule has 1 N–H and O–H groups in total. The molecule has 7 nitrogen and oxygen atoms in total. The Labute approximate surface area is 210 Å². The first-order valence-corrected chi connectivity index (χ1v) is 12.1. The van der Waals surface area contributed by atoms with Crippen molar-refractivity contribution in [3.8, 4) is 22.9 Å². The van der Waals surface area contributed by atoms with Crippen molar-refractivity contribution in [3.63, 3.8) is 0 Å². The largest absolute Gasteiger partial charge is 0.497 e. The highest BCUT2D eigenvalue weighted by Gasteiger charge is 2.17. The quantitative estimate of drug-likeness (QED) is 0.293. The number of methoxy groups -OCH3 is 1. The second-order valence-corrected chi connectivity index (χ2v) is 8.73. The van der Waals surface area contributed by atoms with Crippen molar-refractivity contribution in [2.24, 2.45) is 0 Å². The van der Waals surface area contributed by atoms with Crippen LogP contribution in [0.4, 0.5) is 0 Å². The first-order chi connectivity index (χ1) is 17.0. The molecule has 1 amide bonds. The third-order valence-electron chi connectivity index (χ3n) is 5.94. The highest BCUT2D eigenvalue weighted by atomic mass is 32.1. The molecule has 0 saturated carbocycles. The van der Waals surface area contributed by atoms with Crippen LogP contribution in [0.25, 0.3) is 22.2 Å². The highest BCUT2D eigenvalue weighted by Crippen LogP contribution is 2.30. The predicted molar refractivity (Wildman–Crippen MR) is 140 cm³/mol. The molecular weight excluding hydrogens is 460 g/mol. The zero-order chi connectivity index (χ0) is 24.8. The van der Waals surface area contributed by atoms with E-state index in [-0.39, 0.29) is 5.91 Å². The number of benzene rings is 3. The van der Waals surface area contributed by atoms with Crippen LogP contribution in [-0.4, -0.2) is 46.3 Å². The molecule has 0 radical (unpaired) electrons. The lowest BCUT2D eigenvalue weighted by molar-refractivity contribution is -0.130. The molecule has 0 spiro atoms. The molecule has 182 valence electrons. The van der Waals surface area contributed by atoms with E-state index in [9.17, 15) is 4.79 Å². The van der Waals surface area contributed by atoms with E-state index in [1.54, 1.807) is 12.0 Å². The van der Waals surface area contributed by atoms with E-state index in [2.05, 4.69) is 35.3 Å². The number of H-pyrrole nitrogens is 1. The third kappa shape index (κ3) is 5.54. The van der Waals surface area contributed by atoms with Gasteiger partial charge < -0.3 is 14.4 Å². The molecular formula is C27H30N4O3S. The summed E-state index contributed by atoms with van der Waals surface area (Å²) < 4.78 is 13.6. The molecule has 1 heterocycles. The first kappa shape index (κ1) is 24.5. The average Bonchev–Trinajstić information content (AvgIpc) is 3.26. The van der Waals surface area contributed by atoms with Gasteiger partial charge in [-0.25, -0.2) is 0 Å². The summed E-state index contributed by atoms with van der Waals surface area (Å²) in [6.45, 7) is 3.60. The van der Waals surface area contributed by atoms with Crippen LogP contribution in [0.1, 0.15) is 25.3 Å². The molecule has 8 heteroatoms. The molecule has 0 saturated heterocycles. The molecule has 0 atom stereocenters. The van der Waals surface area contributed by atoms with Crippen LogP contribution >= 0.6 is 12.2 Å². The molecule has 0 bridgehead atoms. The molecule has 35 heavy (non-hydrogen) atoms. The molecule has 0 fully saturated rings. The molecule has 0 aliphatic rings. The Morgan fingerprint density at radius 1 is 1.11 bits per heavy atom. The van der Waals surface area contributed by atoms with Crippen molar-refractivity contribution in [1.82, 2.24) is 19.7 Å². The molecule has 3 aromatic carbocycles. The number of hydrogen-bond donors (Lipinski definition) is 1. The van der Waals surface area contributed by atoms with Gasteiger partial charge in [0.2, 0.25) is 5.91 Å². The Balaban J connectivity index is 1.50. The van der Waals surface area contributed by atoms with Crippen molar-refractivity contribution in [2.45, 2.75) is 32.9 Å². The summed E-state index contributed by atoms with van der Waals surface area (Å²) in [6.07, 6.45) is 1.21. The van der Waals surface area contributed by atoms with Crippen molar-refractivity contribution >= 4 is 28.9 Å². The number of hydrogen-bond acceptors (Lipinski definition) is 5. The number of fused-ring (bicyclic) bond motifs is 1. The van der Waals surface area contributed by atoms with Crippen LogP contribution in [0.5, 0.6) is 11.5 Å². The number of aromatic amines is 1. The fraction of sp³-hybridized carbons (Fsp3) is 0.296. The van der Waals surface area contributed by atoms with E-state index >= 15 is 0 Å². The zero-order valence-corrected chi connectivity index (χ0v) is 21.1. The number of amides is 1. The molecule has 0 unspecified atom stereocenters. The maximum absolute atomic E-state index is 13.1. The van der Waals surface area contributed by atoms with Crippen LogP contribution in [0, 0.1) is 4.77 Å². The van der Waals surface area contributed by atoms with E-state index in [0.717, 1.165) is 39.8 Å². The van der Waals surface area contributed by atoms with Crippen LogP contribution in [0.15, 0.2) is 60.7 Å². The second-order valence-electron chi connectivity index (χ2n) is 8.34. The average molecular weight is 491 g/mol. The first-order valence-electron chi connectivity index (χ1n) is 11.7. The number of nitrogens with one attached hydrogen (secondary N) is 1. The van der Waals surface area contributed by atoms with Gasteiger partial charge in [-0.15, -0.1) is 0 Å². The lowest BCUT2D eigenvalue weighted by Gasteiger charge is -2.21. The van der Waals surface area contributed by atoms with Crippen molar-refractivity contribution in [1.29, 1.82) is 0 Å². The number of ether oxygens (including phenoxy) is 2. The Bertz CT molecular complexity index is 1360. The Morgan fingerprint density at radius 3 is 2.63 bits per heavy atom. The summed E-state index contributed by atoms with van der Waals surface area (Å²) in [4.78, 5) is 14.9. The van der Waals surface area contributed by atoms with Gasteiger partial charge in [-0.05, 0) is 59.7 Å². The van der Waals surface area contributed by atoms with Gasteiger partial charge in [0.1, 0.15) is 11.5 Å². The molecule has 4 aromatic rings. The number of carbonyl (C=O) groups is 1. The fourth-order valence-electron chi connectivity index (χ4n) is 4.04. The number of aromatic nitrogens is 3. The van der Waals surface area contributed by atoms with Crippen LogP contribution in [0.3, 0.4) is 0 Å². The SMILES string of the molecule is CCCOc1ccc2ccccc2c1CN(C)C(=O)CCn1c(-c2ccc(OC)cc2)n[nH]c1=S. The maximum Gasteiger partial charge on any atom is 0.224 e. The van der Waals surface area contributed by atoms with E-state index in [1.807, 2.05) is 54.1 Å². The van der Waals surface area contributed by atoms with Crippen molar-refractivity contribution in [3.05, 3.63) is 71.0 Å². The van der Waals surface area contributed by atoms with Crippen LogP contribution in [0.2, 0.25) is 0 Å². The van der Waals surface area contributed by atoms with E-state index in [4.69, 9.17) is 21.7 Å². The monoisotopic (exact) mass is 490 g/mol. The Kier molecular flexibility index (Phi) is 7.82. The molecule has 0 aliphatic heterocycles. The third-order valence-corrected chi connectivity index (χ3v) is 6.25. The van der Waals surface area contributed by atoms with Gasteiger partial charge in [0.05, 0.1) is 13.7 Å². The zero-order valence-electron chi connectivity index (χ0n) is 20.3. The van der Waals surface area contributed by atoms with Crippen LogP contribution in [-0.2, 0) is 17.9 Å². The number of nitrogens with zero attached hydrogens (tertiary/aromatic N) is 3. The van der Waals surface area contributed by atoms with Gasteiger partial charge >= 0.3 is 0 Å². The molecule has 4 rings (SSSR count). The summed E-state index contributed by atoms with van der Waals surface area (Å²) in [7, 11) is 3.46. The molecule has 1 aromatic heterocycles. The van der Waals surface area contributed by atoms with Gasteiger partial charge in [-0.3, -0.25) is 14.5 Å². The summed E-state index contributed by atoms with van der Waals surface area (Å²) in [6, 6.07) is 19.8. The standard InChI is InChI=1S/C27H30N4O3S/c1-4-17-34-24-14-11-19-7-5-6-8-22(19)23(24)18-30(2)25(32)15-16-31-26(28-29-27(31)35)20-9-12-21(33-3)13-10-20/h5-14H,4,15-18H2,1-3H3,(H,29,35). The lowest BCUT2D eigenvalue weighted by atomic mass is 10.0.